The number of hydrogen-bond acceptors (Lipinski definition) is 3. The van der Waals surface area contributed by atoms with Crippen LogP contribution in [0.25, 0.3) is 5.65 Å². The van der Waals surface area contributed by atoms with Crippen molar-refractivity contribution in [3.05, 3.63) is 23.4 Å². The fraction of sp³-hybridized carbons (Fsp3) is 0.583. The van der Waals surface area contributed by atoms with Gasteiger partial charge in [-0.3, -0.25) is 4.98 Å². The lowest BCUT2D eigenvalue weighted by molar-refractivity contribution is 0.737. The van der Waals surface area contributed by atoms with Gasteiger partial charge in [0.1, 0.15) is 0 Å². The fourth-order valence-corrected chi connectivity index (χ4v) is 2.28. The lowest BCUT2D eigenvalue weighted by atomic mass is 10.2. The first-order valence-electron chi connectivity index (χ1n) is 5.89. The van der Waals surface area contributed by atoms with E-state index in [2.05, 4.69) is 22.0 Å². The molecular formula is C12H16N4. The standard InChI is InChI=1S/C12H16N4/c1-4-9-5-10(9)11-14-12-8(3)13-6-7(2)16(12)15-11/h6,9-10H,4-5H2,1-3H3. The van der Waals surface area contributed by atoms with Gasteiger partial charge in [-0.15, -0.1) is 0 Å². The largest absolute Gasteiger partial charge is 0.256 e. The Morgan fingerprint density at radius 3 is 2.88 bits per heavy atom. The van der Waals surface area contributed by atoms with Gasteiger partial charge >= 0.3 is 0 Å². The van der Waals surface area contributed by atoms with Crippen LogP contribution in [0.15, 0.2) is 6.20 Å². The molecule has 1 aliphatic rings. The van der Waals surface area contributed by atoms with Crippen LogP contribution in [0.1, 0.15) is 42.9 Å². The molecule has 0 saturated heterocycles. The third kappa shape index (κ3) is 1.32. The molecule has 0 radical (unpaired) electrons. The molecule has 0 aliphatic heterocycles. The van der Waals surface area contributed by atoms with Gasteiger partial charge in [-0.25, -0.2) is 9.50 Å². The zero-order valence-electron chi connectivity index (χ0n) is 9.94. The second-order valence-electron chi connectivity index (χ2n) is 4.70. The minimum absolute atomic E-state index is 0.587. The summed E-state index contributed by atoms with van der Waals surface area (Å²) in [5, 5.41) is 4.60. The maximum Gasteiger partial charge on any atom is 0.177 e. The van der Waals surface area contributed by atoms with Crippen LogP contribution in [-0.2, 0) is 0 Å². The summed E-state index contributed by atoms with van der Waals surface area (Å²) in [6.45, 7) is 6.23. The van der Waals surface area contributed by atoms with E-state index in [-0.39, 0.29) is 0 Å². The van der Waals surface area contributed by atoms with Gasteiger partial charge in [-0.2, -0.15) is 5.10 Å². The molecule has 0 spiro atoms. The van der Waals surface area contributed by atoms with Crippen LogP contribution in [0.3, 0.4) is 0 Å². The summed E-state index contributed by atoms with van der Waals surface area (Å²) >= 11 is 0. The molecule has 0 bridgehead atoms. The average molecular weight is 216 g/mol. The Morgan fingerprint density at radius 2 is 2.25 bits per heavy atom. The number of fused-ring (bicyclic) bond motifs is 1. The third-order valence-corrected chi connectivity index (χ3v) is 3.50. The minimum atomic E-state index is 0.587. The second kappa shape index (κ2) is 3.27. The Kier molecular flexibility index (Phi) is 1.99. The van der Waals surface area contributed by atoms with E-state index in [1.54, 1.807) is 0 Å². The Labute approximate surface area is 94.7 Å². The number of aryl methyl sites for hydroxylation is 2. The van der Waals surface area contributed by atoms with Crippen LogP contribution in [0.2, 0.25) is 0 Å². The maximum atomic E-state index is 4.62. The summed E-state index contributed by atoms with van der Waals surface area (Å²) in [5.74, 6) is 2.39. The summed E-state index contributed by atoms with van der Waals surface area (Å²) in [7, 11) is 0. The first-order valence-corrected chi connectivity index (χ1v) is 5.89. The van der Waals surface area contributed by atoms with Gasteiger partial charge in [0, 0.05) is 12.1 Å². The van der Waals surface area contributed by atoms with Crippen molar-refractivity contribution in [3.63, 3.8) is 0 Å². The second-order valence-corrected chi connectivity index (χ2v) is 4.70. The first kappa shape index (κ1) is 9.75. The Bertz CT molecular complexity index is 504. The molecule has 1 fully saturated rings. The highest BCUT2D eigenvalue weighted by Gasteiger charge is 2.39. The van der Waals surface area contributed by atoms with Crippen molar-refractivity contribution < 1.29 is 0 Å². The van der Waals surface area contributed by atoms with E-state index >= 15 is 0 Å². The average Bonchev–Trinajstić information content (AvgIpc) is 2.93. The van der Waals surface area contributed by atoms with Gasteiger partial charge in [0.05, 0.1) is 11.4 Å². The Hall–Kier alpha value is -1.45. The van der Waals surface area contributed by atoms with E-state index in [9.17, 15) is 0 Å². The molecule has 1 saturated carbocycles. The van der Waals surface area contributed by atoms with Crippen molar-refractivity contribution in [2.45, 2.75) is 39.5 Å². The van der Waals surface area contributed by atoms with Gasteiger partial charge in [0.25, 0.3) is 0 Å². The molecule has 2 atom stereocenters. The summed E-state index contributed by atoms with van der Waals surface area (Å²) in [6.07, 6.45) is 4.33. The van der Waals surface area contributed by atoms with Crippen LogP contribution < -0.4 is 0 Å². The van der Waals surface area contributed by atoms with Gasteiger partial charge in [-0.05, 0) is 26.2 Å². The summed E-state index contributed by atoms with van der Waals surface area (Å²) < 4.78 is 1.92. The first-order chi connectivity index (χ1) is 7.70. The molecule has 2 unspecified atom stereocenters. The molecule has 4 nitrogen and oxygen atoms in total. The van der Waals surface area contributed by atoms with Gasteiger partial charge < -0.3 is 0 Å². The molecule has 2 aromatic heterocycles. The van der Waals surface area contributed by atoms with Crippen LogP contribution in [0.4, 0.5) is 0 Å². The predicted molar refractivity (Wildman–Crippen MR) is 61.4 cm³/mol. The van der Waals surface area contributed by atoms with Crippen molar-refractivity contribution in [1.29, 1.82) is 0 Å². The zero-order chi connectivity index (χ0) is 11.3. The lowest BCUT2D eigenvalue weighted by Gasteiger charge is -1.97. The highest BCUT2D eigenvalue weighted by Crippen LogP contribution is 2.48. The molecule has 2 heterocycles. The fourth-order valence-electron chi connectivity index (χ4n) is 2.28. The molecule has 1 aliphatic carbocycles. The lowest BCUT2D eigenvalue weighted by Crippen LogP contribution is -1.97. The third-order valence-electron chi connectivity index (χ3n) is 3.50. The molecule has 4 heteroatoms. The summed E-state index contributed by atoms with van der Waals surface area (Å²) in [6, 6.07) is 0. The smallest absolute Gasteiger partial charge is 0.177 e. The molecule has 16 heavy (non-hydrogen) atoms. The number of rotatable bonds is 2. The number of nitrogens with zero attached hydrogens (tertiary/aromatic N) is 4. The van der Waals surface area contributed by atoms with Crippen molar-refractivity contribution in [3.8, 4) is 0 Å². The summed E-state index contributed by atoms with van der Waals surface area (Å²) in [5.41, 5.74) is 2.92. The Balaban J connectivity index is 2.09. The van der Waals surface area contributed by atoms with E-state index in [0.717, 1.165) is 28.8 Å². The van der Waals surface area contributed by atoms with Gasteiger partial charge in [0.2, 0.25) is 0 Å². The van der Waals surface area contributed by atoms with Crippen LogP contribution >= 0.6 is 0 Å². The van der Waals surface area contributed by atoms with Gasteiger partial charge in [-0.1, -0.05) is 13.3 Å². The highest BCUT2D eigenvalue weighted by atomic mass is 15.3. The highest BCUT2D eigenvalue weighted by molar-refractivity contribution is 5.43. The van der Waals surface area contributed by atoms with Crippen molar-refractivity contribution in [1.82, 2.24) is 19.6 Å². The van der Waals surface area contributed by atoms with Crippen molar-refractivity contribution >= 4 is 5.65 Å². The van der Waals surface area contributed by atoms with Crippen molar-refractivity contribution in [2.75, 3.05) is 0 Å². The molecule has 84 valence electrons. The van der Waals surface area contributed by atoms with Crippen molar-refractivity contribution in [2.24, 2.45) is 5.92 Å². The van der Waals surface area contributed by atoms with Crippen LogP contribution in [0.5, 0.6) is 0 Å². The SMILES string of the molecule is CCC1CC1c1nc2c(C)ncc(C)n2n1. The van der Waals surface area contributed by atoms with Crippen LogP contribution in [0, 0.1) is 19.8 Å². The summed E-state index contributed by atoms with van der Waals surface area (Å²) in [4.78, 5) is 8.94. The molecule has 0 amide bonds. The predicted octanol–water partition coefficient (Wildman–Crippen LogP) is 2.25. The van der Waals surface area contributed by atoms with Crippen LogP contribution in [-0.4, -0.2) is 19.6 Å². The quantitative estimate of drug-likeness (QED) is 0.773. The topological polar surface area (TPSA) is 43.1 Å². The normalized spacial score (nSPS) is 23.9. The van der Waals surface area contributed by atoms with E-state index in [1.165, 1.54) is 12.8 Å². The molecule has 0 aromatic carbocycles. The zero-order valence-corrected chi connectivity index (χ0v) is 9.94. The molecule has 0 N–H and O–H groups in total. The van der Waals surface area contributed by atoms with E-state index in [0.29, 0.717) is 5.92 Å². The molecule has 3 rings (SSSR count). The maximum absolute atomic E-state index is 4.62. The van der Waals surface area contributed by atoms with E-state index < -0.39 is 0 Å². The Morgan fingerprint density at radius 1 is 1.44 bits per heavy atom. The number of aromatic nitrogens is 4. The van der Waals surface area contributed by atoms with Gasteiger partial charge in [0.15, 0.2) is 11.5 Å². The number of hydrogen-bond donors (Lipinski definition) is 0. The van der Waals surface area contributed by atoms with E-state index in [4.69, 9.17) is 0 Å². The minimum Gasteiger partial charge on any atom is -0.256 e. The molecular weight excluding hydrogens is 200 g/mol. The monoisotopic (exact) mass is 216 g/mol. The molecule has 2 aromatic rings. The van der Waals surface area contributed by atoms with E-state index in [1.807, 2.05) is 24.6 Å².